The smallest absolute Gasteiger partial charge is 0.243 e. The summed E-state index contributed by atoms with van der Waals surface area (Å²) in [5.74, 6) is 0.406. The third kappa shape index (κ3) is 5.06. The van der Waals surface area contributed by atoms with Crippen molar-refractivity contribution in [2.24, 2.45) is 0 Å². The molecule has 9 heteroatoms. The predicted octanol–water partition coefficient (Wildman–Crippen LogP) is 4.65. The quantitative estimate of drug-likeness (QED) is 0.487. The SMILES string of the molecule is COc1ccc(S(=O)(=O)N2CCCC2C(=O)Nc2ccccc2Sc2ccccc2)cc1OC. The van der Waals surface area contributed by atoms with Gasteiger partial charge in [0.1, 0.15) is 6.04 Å². The van der Waals surface area contributed by atoms with E-state index < -0.39 is 16.1 Å². The van der Waals surface area contributed by atoms with Crippen LogP contribution in [0.15, 0.2) is 87.5 Å². The van der Waals surface area contributed by atoms with Gasteiger partial charge < -0.3 is 14.8 Å². The lowest BCUT2D eigenvalue weighted by Gasteiger charge is -2.24. The Morgan fingerprint density at radius 2 is 1.68 bits per heavy atom. The fraction of sp³-hybridized carbons (Fsp3) is 0.240. The van der Waals surface area contributed by atoms with Crippen LogP contribution < -0.4 is 14.8 Å². The zero-order valence-corrected chi connectivity index (χ0v) is 20.6. The highest BCUT2D eigenvalue weighted by molar-refractivity contribution is 7.99. The van der Waals surface area contributed by atoms with Gasteiger partial charge in [-0.15, -0.1) is 0 Å². The van der Waals surface area contributed by atoms with Gasteiger partial charge in [0.25, 0.3) is 0 Å². The lowest BCUT2D eigenvalue weighted by Crippen LogP contribution is -2.43. The first-order chi connectivity index (χ1) is 16.4. The Labute approximate surface area is 204 Å². The number of amides is 1. The van der Waals surface area contributed by atoms with Crippen LogP contribution in [0.5, 0.6) is 11.5 Å². The molecule has 1 saturated heterocycles. The summed E-state index contributed by atoms with van der Waals surface area (Å²) < 4.78 is 38.6. The summed E-state index contributed by atoms with van der Waals surface area (Å²) in [7, 11) is -0.973. The second-order valence-electron chi connectivity index (χ2n) is 7.69. The van der Waals surface area contributed by atoms with Gasteiger partial charge in [0.05, 0.1) is 24.8 Å². The van der Waals surface area contributed by atoms with Gasteiger partial charge in [0, 0.05) is 22.4 Å². The van der Waals surface area contributed by atoms with Gasteiger partial charge in [-0.25, -0.2) is 8.42 Å². The van der Waals surface area contributed by atoms with Gasteiger partial charge in [0.15, 0.2) is 11.5 Å². The highest BCUT2D eigenvalue weighted by atomic mass is 32.2. The first kappa shape index (κ1) is 24.1. The average molecular weight is 499 g/mol. The van der Waals surface area contributed by atoms with Crippen molar-refractivity contribution in [1.29, 1.82) is 0 Å². The standard InChI is InChI=1S/C25H26N2O5S2/c1-31-22-15-14-19(17-23(22)32-2)34(29,30)27-16-8-12-21(27)25(28)26-20-11-6-7-13-24(20)33-18-9-4-3-5-10-18/h3-7,9-11,13-15,17,21H,8,12,16H2,1-2H3,(H,26,28). The number of methoxy groups -OCH3 is 2. The van der Waals surface area contributed by atoms with E-state index in [1.807, 2.05) is 54.6 Å². The largest absolute Gasteiger partial charge is 0.493 e. The number of anilines is 1. The van der Waals surface area contributed by atoms with Crippen LogP contribution in [0.2, 0.25) is 0 Å². The van der Waals surface area contributed by atoms with E-state index in [-0.39, 0.29) is 17.3 Å². The first-order valence-corrected chi connectivity index (χ1v) is 13.1. The topological polar surface area (TPSA) is 84.9 Å². The van der Waals surface area contributed by atoms with Gasteiger partial charge >= 0.3 is 0 Å². The monoisotopic (exact) mass is 498 g/mol. The summed E-state index contributed by atoms with van der Waals surface area (Å²) in [4.78, 5) is 15.2. The molecule has 178 valence electrons. The minimum absolute atomic E-state index is 0.0601. The molecule has 4 rings (SSSR count). The number of hydrogen-bond donors (Lipinski definition) is 1. The number of nitrogens with zero attached hydrogens (tertiary/aromatic N) is 1. The highest BCUT2D eigenvalue weighted by Gasteiger charge is 2.40. The lowest BCUT2D eigenvalue weighted by molar-refractivity contribution is -0.119. The van der Waals surface area contributed by atoms with Crippen LogP contribution in [0.25, 0.3) is 0 Å². The van der Waals surface area contributed by atoms with Gasteiger partial charge in [-0.2, -0.15) is 4.31 Å². The molecule has 0 radical (unpaired) electrons. The molecule has 3 aromatic carbocycles. The van der Waals surface area contributed by atoms with Crippen molar-refractivity contribution in [2.45, 2.75) is 33.6 Å². The van der Waals surface area contributed by atoms with Crippen LogP contribution in [0.1, 0.15) is 12.8 Å². The van der Waals surface area contributed by atoms with Crippen molar-refractivity contribution in [2.75, 3.05) is 26.1 Å². The van der Waals surface area contributed by atoms with E-state index in [0.29, 0.717) is 30.0 Å². The molecule has 0 spiro atoms. The van der Waals surface area contributed by atoms with Crippen LogP contribution in [-0.4, -0.2) is 45.4 Å². The number of ether oxygens (including phenoxy) is 2. The van der Waals surface area contributed by atoms with Crippen molar-refractivity contribution in [3.8, 4) is 11.5 Å². The summed E-state index contributed by atoms with van der Waals surface area (Å²) in [5, 5.41) is 2.96. The van der Waals surface area contributed by atoms with Gasteiger partial charge in [-0.3, -0.25) is 4.79 Å². The number of benzene rings is 3. The fourth-order valence-corrected chi connectivity index (χ4v) is 6.49. The van der Waals surface area contributed by atoms with Crippen LogP contribution >= 0.6 is 11.8 Å². The maximum Gasteiger partial charge on any atom is 0.243 e. The molecule has 0 aliphatic carbocycles. The molecule has 1 heterocycles. The van der Waals surface area contributed by atoms with E-state index in [2.05, 4.69) is 5.32 Å². The molecule has 1 N–H and O–H groups in total. The van der Waals surface area contributed by atoms with Gasteiger partial charge in [0.2, 0.25) is 15.9 Å². The van der Waals surface area contributed by atoms with Crippen LogP contribution in [0.4, 0.5) is 5.69 Å². The Hall–Kier alpha value is -3.01. The second-order valence-corrected chi connectivity index (χ2v) is 10.7. The summed E-state index contributed by atoms with van der Waals surface area (Å²) in [6.45, 7) is 0.273. The molecule has 1 unspecified atom stereocenters. The number of nitrogens with one attached hydrogen (secondary N) is 1. The summed E-state index contributed by atoms with van der Waals surface area (Å²) >= 11 is 1.54. The molecule has 34 heavy (non-hydrogen) atoms. The lowest BCUT2D eigenvalue weighted by atomic mass is 10.2. The first-order valence-electron chi connectivity index (χ1n) is 10.8. The Morgan fingerprint density at radius 1 is 0.971 bits per heavy atom. The van der Waals surface area contributed by atoms with Crippen molar-refractivity contribution < 1.29 is 22.7 Å². The second kappa shape index (κ2) is 10.5. The average Bonchev–Trinajstić information content (AvgIpc) is 3.37. The van der Waals surface area contributed by atoms with Crippen molar-refractivity contribution in [3.05, 3.63) is 72.8 Å². The van der Waals surface area contributed by atoms with Crippen LogP contribution in [-0.2, 0) is 14.8 Å². The minimum Gasteiger partial charge on any atom is -0.493 e. The van der Waals surface area contributed by atoms with E-state index in [0.717, 1.165) is 9.79 Å². The molecule has 7 nitrogen and oxygen atoms in total. The van der Waals surface area contributed by atoms with Crippen molar-refractivity contribution in [3.63, 3.8) is 0 Å². The molecule has 1 fully saturated rings. The van der Waals surface area contributed by atoms with Crippen LogP contribution in [0, 0.1) is 0 Å². The summed E-state index contributed by atoms with van der Waals surface area (Å²) in [6, 6.07) is 21.0. The molecular formula is C25H26N2O5S2. The summed E-state index contributed by atoms with van der Waals surface area (Å²) in [5.41, 5.74) is 0.650. The number of para-hydroxylation sites is 1. The summed E-state index contributed by atoms with van der Waals surface area (Å²) in [6.07, 6.45) is 1.05. The van der Waals surface area contributed by atoms with E-state index >= 15 is 0 Å². The van der Waals surface area contributed by atoms with Gasteiger partial charge in [-0.1, -0.05) is 42.1 Å². The third-order valence-corrected chi connectivity index (χ3v) is 8.57. The number of rotatable bonds is 8. The number of sulfonamides is 1. The maximum absolute atomic E-state index is 13.4. The van der Waals surface area contributed by atoms with E-state index in [1.54, 1.807) is 6.07 Å². The fourth-order valence-electron chi connectivity index (χ4n) is 3.89. The molecule has 1 atom stereocenters. The molecule has 1 aliphatic heterocycles. The zero-order chi connectivity index (χ0) is 24.1. The Balaban J connectivity index is 1.56. The molecule has 0 saturated carbocycles. The minimum atomic E-state index is -3.91. The Bertz CT molecular complexity index is 1270. The highest BCUT2D eigenvalue weighted by Crippen LogP contribution is 2.35. The molecular weight excluding hydrogens is 472 g/mol. The molecule has 3 aromatic rings. The molecule has 0 bridgehead atoms. The van der Waals surface area contributed by atoms with E-state index in [1.165, 1.54) is 42.4 Å². The molecule has 1 amide bonds. The Morgan fingerprint density at radius 3 is 2.41 bits per heavy atom. The van der Waals surface area contributed by atoms with Crippen LogP contribution in [0.3, 0.4) is 0 Å². The van der Waals surface area contributed by atoms with E-state index in [9.17, 15) is 13.2 Å². The third-order valence-electron chi connectivity index (χ3n) is 5.58. The predicted molar refractivity (Wildman–Crippen MR) is 132 cm³/mol. The molecule has 1 aliphatic rings. The van der Waals surface area contributed by atoms with Crippen molar-refractivity contribution >= 4 is 33.4 Å². The normalized spacial score (nSPS) is 16.2. The number of hydrogen-bond acceptors (Lipinski definition) is 6. The van der Waals surface area contributed by atoms with E-state index in [4.69, 9.17) is 9.47 Å². The van der Waals surface area contributed by atoms with Gasteiger partial charge in [-0.05, 0) is 49.2 Å². The number of carbonyl (C=O) groups is 1. The maximum atomic E-state index is 13.4. The zero-order valence-electron chi connectivity index (χ0n) is 18.9. The Kier molecular flexibility index (Phi) is 7.45. The number of carbonyl (C=O) groups excluding carboxylic acids is 1. The molecule has 0 aromatic heterocycles. The van der Waals surface area contributed by atoms with Crippen molar-refractivity contribution in [1.82, 2.24) is 4.31 Å².